The molecule has 0 bridgehead atoms. The first-order valence-electron chi connectivity index (χ1n) is 4.87. The lowest BCUT2D eigenvalue weighted by Gasteiger charge is -2.10. The van der Waals surface area contributed by atoms with Gasteiger partial charge in [-0.05, 0) is 19.3 Å². The van der Waals surface area contributed by atoms with Crippen LogP contribution in [0.1, 0.15) is 32.6 Å². The molecule has 1 atom stereocenters. The van der Waals surface area contributed by atoms with Crippen LogP contribution in [0.5, 0.6) is 0 Å². The molecule has 0 saturated carbocycles. The molecule has 5 nitrogen and oxygen atoms in total. The van der Waals surface area contributed by atoms with Crippen molar-refractivity contribution in [1.82, 2.24) is 0 Å². The highest BCUT2D eigenvalue weighted by atomic mass is 16.5. The number of ketones is 1. The second-order valence-electron chi connectivity index (χ2n) is 2.99. The maximum Gasteiger partial charge on any atom is 0.287 e. The van der Waals surface area contributed by atoms with Crippen LogP contribution in [-0.2, 0) is 14.3 Å². The number of nitriles is 1. The SMILES string of the molecule is CCC(=O)C(CCCCN=C=O)OC#N. The molecule has 5 heteroatoms. The standard InChI is InChI=1S/C10H14N2O3/c1-2-9(14)10(15-7-11)5-3-4-6-12-8-13/h10H,2-6H2,1H3. The van der Waals surface area contributed by atoms with Gasteiger partial charge in [0.1, 0.15) is 0 Å². The molecule has 0 rings (SSSR count). The quantitative estimate of drug-likeness (QED) is 0.262. The Morgan fingerprint density at radius 1 is 1.53 bits per heavy atom. The lowest BCUT2D eigenvalue weighted by molar-refractivity contribution is -0.127. The summed E-state index contributed by atoms with van der Waals surface area (Å²) < 4.78 is 4.65. The first-order chi connectivity index (χ1) is 7.26. The van der Waals surface area contributed by atoms with Crippen molar-refractivity contribution < 1.29 is 14.3 Å². The lowest BCUT2D eigenvalue weighted by Crippen LogP contribution is -2.21. The van der Waals surface area contributed by atoms with E-state index in [0.29, 0.717) is 32.2 Å². The number of carbonyl (C=O) groups excluding carboxylic acids is 2. The maximum absolute atomic E-state index is 11.3. The fraction of sp³-hybridized carbons (Fsp3) is 0.700. The average molecular weight is 210 g/mol. The second-order valence-corrected chi connectivity index (χ2v) is 2.99. The molecular formula is C10H14N2O3. The molecule has 0 aromatic carbocycles. The number of rotatable bonds is 8. The Bertz CT molecular complexity index is 277. The van der Waals surface area contributed by atoms with E-state index < -0.39 is 6.10 Å². The van der Waals surface area contributed by atoms with Gasteiger partial charge in [0.05, 0.1) is 6.54 Å². The van der Waals surface area contributed by atoms with Gasteiger partial charge in [-0.15, -0.1) is 0 Å². The lowest BCUT2D eigenvalue weighted by atomic mass is 10.1. The van der Waals surface area contributed by atoms with Crippen molar-refractivity contribution in [2.45, 2.75) is 38.7 Å². The summed E-state index contributed by atoms with van der Waals surface area (Å²) in [5, 5.41) is 8.33. The Kier molecular flexibility index (Phi) is 7.93. The zero-order chi connectivity index (χ0) is 11.5. The number of ether oxygens (including phenoxy) is 1. The van der Waals surface area contributed by atoms with Crippen LogP contribution in [0, 0.1) is 11.5 Å². The van der Waals surface area contributed by atoms with Gasteiger partial charge in [0.25, 0.3) is 6.26 Å². The van der Waals surface area contributed by atoms with E-state index in [4.69, 9.17) is 5.26 Å². The van der Waals surface area contributed by atoms with Gasteiger partial charge < -0.3 is 4.74 Å². The van der Waals surface area contributed by atoms with Crippen molar-refractivity contribution in [3.05, 3.63) is 0 Å². The van der Waals surface area contributed by atoms with E-state index in [1.165, 1.54) is 12.3 Å². The van der Waals surface area contributed by atoms with E-state index in [2.05, 4.69) is 9.73 Å². The van der Waals surface area contributed by atoms with E-state index in [0.717, 1.165) is 0 Å². The number of nitrogens with zero attached hydrogens (tertiary/aromatic N) is 2. The number of isocyanates is 1. The molecule has 0 aromatic heterocycles. The molecule has 0 aliphatic heterocycles. The molecular weight excluding hydrogens is 196 g/mol. The average Bonchev–Trinajstić information content (AvgIpc) is 2.26. The first kappa shape index (κ1) is 13.3. The minimum atomic E-state index is -0.639. The monoisotopic (exact) mass is 210 g/mol. The van der Waals surface area contributed by atoms with Gasteiger partial charge in [-0.3, -0.25) is 4.79 Å². The van der Waals surface area contributed by atoms with Gasteiger partial charge in [-0.1, -0.05) is 6.92 Å². The molecule has 0 heterocycles. The van der Waals surface area contributed by atoms with E-state index in [9.17, 15) is 9.59 Å². The van der Waals surface area contributed by atoms with Crippen LogP contribution in [0.3, 0.4) is 0 Å². The topological polar surface area (TPSA) is 79.5 Å². The maximum atomic E-state index is 11.3. The Labute approximate surface area is 88.7 Å². The van der Waals surface area contributed by atoms with Crippen molar-refractivity contribution in [2.75, 3.05) is 6.54 Å². The summed E-state index contributed by atoms with van der Waals surface area (Å²) in [6.07, 6.45) is 4.57. The Morgan fingerprint density at radius 3 is 2.80 bits per heavy atom. The molecule has 0 N–H and O–H groups in total. The second kappa shape index (κ2) is 8.92. The predicted molar refractivity (Wildman–Crippen MR) is 52.6 cm³/mol. The van der Waals surface area contributed by atoms with Gasteiger partial charge in [-0.25, -0.2) is 9.79 Å². The predicted octanol–water partition coefficient (Wildman–Crippen LogP) is 1.34. The van der Waals surface area contributed by atoms with E-state index in [1.54, 1.807) is 6.92 Å². The highest BCUT2D eigenvalue weighted by Crippen LogP contribution is 2.07. The van der Waals surface area contributed by atoms with Gasteiger partial charge >= 0.3 is 0 Å². The fourth-order valence-electron chi connectivity index (χ4n) is 1.14. The smallest absolute Gasteiger partial charge is 0.287 e. The molecule has 0 fully saturated rings. The van der Waals surface area contributed by atoms with Crippen LogP contribution in [0.4, 0.5) is 0 Å². The van der Waals surface area contributed by atoms with Gasteiger partial charge in [0.2, 0.25) is 6.08 Å². The summed E-state index contributed by atoms with van der Waals surface area (Å²) in [6.45, 7) is 2.13. The largest absolute Gasteiger partial charge is 0.416 e. The Morgan fingerprint density at radius 2 is 2.27 bits per heavy atom. The van der Waals surface area contributed by atoms with Gasteiger partial charge in [0.15, 0.2) is 11.9 Å². The Balaban J connectivity index is 3.81. The van der Waals surface area contributed by atoms with Crippen molar-refractivity contribution in [3.63, 3.8) is 0 Å². The molecule has 0 saturated heterocycles. The summed E-state index contributed by atoms with van der Waals surface area (Å²) in [6, 6.07) is 0. The van der Waals surface area contributed by atoms with Crippen LogP contribution in [0.2, 0.25) is 0 Å². The minimum absolute atomic E-state index is 0.0737. The van der Waals surface area contributed by atoms with Crippen molar-refractivity contribution in [1.29, 1.82) is 5.26 Å². The fourth-order valence-corrected chi connectivity index (χ4v) is 1.14. The van der Waals surface area contributed by atoms with E-state index >= 15 is 0 Å². The first-order valence-corrected chi connectivity index (χ1v) is 4.87. The third-order valence-electron chi connectivity index (χ3n) is 1.95. The number of hydrogen-bond acceptors (Lipinski definition) is 5. The zero-order valence-electron chi connectivity index (χ0n) is 8.73. The summed E-state index contributed by atoms with van der Waals surface area (Å²) in [7, 11) is 0. The van der Waals surface area contributed by atoms with E-state index in [-0.39, 0.29) is 5.78 Å². The molecule has 0 aliphatic carbocycles. The number of hydrogen-bond donors (Lipinski definition) is 0. The number of unbranched alkanes of at least 4 members (excludes halogenated alkanes) is 1. The van der Waals surface area contributed by atoms with Crippen molar-refractivity contribution >= 4 is 11.9 Å². The van der Waals surface area contributed by atoms with Crippen LogP contribution >= 0.6 is 0 Å². The molecule has 0 amide bonds. The highest BCUT2D eigenvalue weighted by molar-refractivity contribution is 5.82. The summed E-state index contributed by atoms with van der Waals surface area (Å²) in [5.41, 5.74) is 0. The minimum Gasteiger partial charge on any atom is -0.416 e. The van der Waals surface area contributed by atoms with Crippen molar-refractivity contribution in [3.8, 4) is 6.26 Å². The van der Waals surface area contributed by atoms with Crippen LogP contribution in [0.15, 0.2) is 4.99 Å². The highest BCUT2D eigenvalue weighted by Gasteiger charge is 2.17. The number of aliphatic imine (C=N–C) groups is 1. The molecule has 1 unspecified atom stereocenters. The third kappa shape index (κ3) is 6.42. The van der Waals surface area contributed by atoms with Gasteiger partial charge in [-0.2, -0.15) is 5.26 Å². The van der Waals surface area contributed by atoms with Crippen molar-refractivity contribution in [2.24, 2.45) is 4.99 Å². The summed E-state index contributed by atoms with van der Waals surface area (Å²) in [5.74, 6) is -0.0737. The molecule has 0 aromatic rings. The molecule has 0 spiro atoms. The molecule has 15 heavy (non-hydrogen) atoms. The molecule has 0 aliphatic rings. The zero-order valence-corrected chi connectivity index (χ0v) is 8.73. The van der Waals surface area contributed by atoms with Crippen LogP contribution < -0.4 is 0 Å². The molecule has 0 radical (unpaired) electrons. The summed E-state index contributed by atoms with van der Waals surface area (Å²) >= 11 is 0. The van der Waals surface area contributed by atoms with Crippen LogP contribution in [0.25, 0.3) is 0 Å². The number of carbonyl (C=O) groups is 1. The number of Topliss-reactive ketones (excluding diaryl/α,β-unsaturated/α-hetero) is 1. The third-order valence-corrected chi connectivity index (χ3v) is 1.95. The van der Waals surface area contributed by atoms with Crippen LogP contribution in [-0.4, -0.2) is 24.5 Å². The van der Waals surface area contributed by atoms with E-state index in [1.807, 2.05) is 0 Å². The Hall–Kier alpha value is -1.66. The normalized spacial score (nSPS) is 10.9. The molecule has 82 valence electrons. The van der Waals surface area contributed by atoms with Gasteiger partial charge in [0, 0.05) is 6.42 Å². The summed E-state index contributed by atoms with van der Waals surface area (Å²) in [4.78, 5) is 24.4.